The Morgan fingerprint density at radius 1 is 1.31 bits per heavy atom. The first kappa shape index (κ1) is 8.30. The van der Waals surface area contributed by atoms with Crippen molar-refractivity contribution in [3.05, 3.63) is 40.1 Å². The van der Waals surface area contributed by atoms with Crippen molar-refractivity contribution in [2.75, 3.05) is 0 Å². The standard InChI is InChI=1S/C11H12O2/c1-7-6-9(7)8-2-4-10(12)11(13)5-3-8/h2-5,7,9H,6H2,1H3,(H,12,13)/t7-,9-/m0/s1. The molecular formula is C11H12O2. The van der Waals surface area contributed by atoms with E-state index >= 15 is 0 Å². The van der Waals surface area contributed by atoms with Crippen LogP contribution in [0.5, 0.6) is 5.75 Å². The summed E-state index contributed by atoms with van der Waals surface area (Å²) in [7, 11) is 0. The first-order valence-electron chi connectivity index (χ1n) is 4.51. The van der Waals surface area contributed by atoms with E-state index in [1.54, 1.807) is 0 Å². The quantitative estimate of drug-likeness (QED) is 0.709. The minimum absolute atomic E-state index is 0.167. The molecule has 1 aromatic rings. The van der Waals surface area contributed by atoms with Crippen LogP contribution in [0.3, 0.4) is 0 Å². The van der Waals surface area contributed by atoms with Crippen molar-refractivity contribution in [2.45, 2.75) is 19.3 Å². The van der Waals surface area contributed by atoms with Crippen LogP contribution in [0.1, 0.15) is 24.8 Å². The van der Waals surface area contributed by atoms with E-state index in [9.17, 15) is 4.79 Å². The molecule has 1 N–H and O–H groups in total. The Morgan fingerprint density at radius 2 is 1.92 bits per heavy atom. The van der Waals surface area contributed by atoms with Crippen LogP contribution in [0.4, 0.5) is 0 Å². The molecule has 2 atom stereocenters. The highest BCUT2D eigenvalue weighted by atomic mass is 16.3. The van der Waals surface area contributed by atoms with Gasteiger partial charge in [-0.05, 0) is 36.0 Å². The predicted octanol–water partition coefficient (Wildman–Crippen LogP) is 1.88. The minimum atomic E-state index is -0.306. The molecule has 1 saturated carbocycles. The average molecular weight is 176 g/mol. The summed E-state index contributed by atoms with van der Waals surface area (Å²) in [5.41, 5.74) is 0.851. The fourth-order valence-electron chi connectivity index (χ4n) is 1.60. The lowest BCUT2D eigenvalue weighted by atomic mass is 10.1. The first-order valence-corrected chi connectivity index (χ1v) is 4.51. The third kappa shape index (κ3) is 1.57. The molecule has 13 heavy (non-hydrogen) atoms. The molecule has 0 radical (unpaired) electrons. The van der Waals surface area contributed by atoms with Gasteiger partial charge in [-0.2, -0.15) is 0 Å². The zero-order valence-electron chi connectivity index (χ0n) is 7.53. The van der Waals surface area contributed by atoms with Crippen molar-refractivity contribution in [1.29, 1.82) is 0 Å². The number of aromatic hydroxyl groups is 1. The monoisotopic (exact) mass is 176 g/mol. The molecule has 2 rings (SSSR count). The molecule has 0 aromatic heterocycles. The highest BCUT2D eigenvalue weighted by molar-refractivity contribution is 5.29. The molecule has 1 aliphatic carbocycles. The smallest absolute Gasteiger partial charge is 0.220 e. The Hall–Kier alpha value is -1.31. The third-order valence-electron chi connectivity index (χ3n) is 2.65. The van der Waals surface area contributed by atoms with Crippen LogP contribution in [-0.4, -0.2) is 5.11 Å². The SMILES string of the molecule is C[C@H]1C[C@@H]1c1ccc(O)c(=O)cc1. The summed E-state index contributed by atoms with van der Waals surface area (Å²) in [6.45, 7) is 2.19. The van der Waals surface area contributed by atoms with Gasteiger partial charge in [-0.15, -0.1) is 0 Å². The van der Waals surface area contributed by atoms with E-state index in [0.29, 0.717) is 5.92 Å². The number of hydrogen-bond donors (Lipinski definition) is 1. The third-order valence-corrected chi connectivity index (χ3v) is 2.65. The van der Waals surface area contributed by atoms with Crippen LogP contribution in [0.15, 0.2) is 29.1 Å². The van der Waals surface area contributed by atoms with Gasteiger partial charge in [0.2, 0.25) is 5.43 Å². The molecule has 0 bridgehead atoms. The molecule has 0 aliphatic heterocycles. The van der Waals surface area contributed by atoms with Crippen LogP contribution in [0.2, 0.25) is 0 Å². The Bertz CT molecular complexity index is 384. The second kappa shape index (κ2) is 2.87. The Kier molecular flexibility index (Phi) is 1.83. The molecular weight excluding hydrogens is 164 g/mol. The van der Waals surface area contributed by atoms with Crippen LogP contribution >= 0.6 is 0 Å². The predicted molar refractivity (Wildman–Crippen MR) is 50.9 cm³/mol. The summed E-state index contributed by atoms with van der Waals surface area (Å²) < 4.78 is 0. The molecule has 0 unspecified atom stereocenters. The normalized spacial score (nSPS) is 25.6. The lowest BCUT2D eigenvalue weighted by Gasteiger charge is -1.90. The molecule has 2 nitrogen and oxygen atoms in total. The summed E-state index contributed by atoms with van der Waals surface area (Å²) >= 11 is 0. The second-order valence-electron chi connectivity index (χ2n) is 3.74. The van der Waals surface area contributed by atoms with E-state index in [0.717, 1.165) is 11.5 Å². The topological polar surface area (TPSA) is 37.3 Å². The summed E-state index contributed by atoms with van der Waals surface area (Å²) in [6, 6.07) is 6.58. The lowest BCUT2D eigenvalue weighted by Crippen LogP contribution is -1.91. The fraction of sp³-hybridized carbons (Fsp3) is 0.364. The van der Waals surface area contributed by atoms with Gasteiger partial charge in [0.05, 0.1) is 0 Å². The summed E-state index contributed by atoms with van der Waals surface area (Å²) in [6.07, 6.45) is 1.19. The van der Waals surface area contributed by atoms with E-state index in [-0.39, 0.29) is 11.2 Å². The molecule has 0 amide bonds. The number of rotatable bonds is 1. The fourth-order valence-corrected chi connectivity index (χ4v) is 1.60. The number of hydrogen-bond acceptors (Lipinski definition) is 2. The van der Waals surface area contributed by atoms with Gasteiger partial charge in [-0.3, -0.25) is 4.79 Å². The average Bonchev–Trinajstić information content (AvgIpc) is 2.82. The van der Waals surface area contributed by atoms with E-state index in [2.05, 4.69) is 6.92 Å². The highest BCUT2D eigenvalue weighted by Crippen LogP contribution is 2.46. The maximum atomic E-state index is 11.0. The van der Waals surface area contributed by atoms with Gasteiger partial charge < -0.3 is 5.11 Å². The maximum absolute atomic E-state index is 11.0. The zero-order chi connectivity index (χ0) is 9.42. The molecule has 68 valence electrons. The van der Waals surface area contributed by atoms with Gasteiger partial charge >= 0.3 is 0 Å². The van der Waals surface area contributed by atoms with Crippen molar-refractivity contribution in [3.63, 3.8) is 0 Å². The van der Waals surface area contributed by atoms with E-state index < -0.39 is 0 Å². The second-order valence-corrected chi connectivity index (χ2v) is 3.74. The van der Waals surface area contributed by atoms with Crippen LogP contribution in [0.25, 0.3) is 0 Å². The van der Waals surface area contributed by atoms with E-state index in [1.165, 1.54) is 18.6 Å². The van der Waals surface area contributed by atoms with Crippen molar-refractivity contribution in [1.82, 2.24) is 0 Å². The Morgan fingerprint density at radius 3 is 2.54 bits per heavy atom. The van der Waals surface area contributed by atoms with Crippen molar-refractivity contribution >= 4 is 0 Å². The van der Waals surface area contributed by atoms with E-state index in [4.69, 9.17) is 5.11 Å². The Balaban J connectivity index is 2.41. The molecule has 2 heteroatoms. The molecule has 0 heterocycles. The van der Waals surface area contributed by atoms with Gasteiger partial charge in [-0.1, -0.05) is 19.1 Å². The van der Waals surface area contributed by atoms with Crippen molar-refractivity contribution < 1.29 is 5.11 Å². The van der Waals surface area contributed by atoms with Crippen LogP contribution < -0.4 is 5.43 Å². The van der Waals surface area contributed by atoms with Gasteiger partial charge in [0, 0.05) is 0 Å². The van der Waals surface area contributed by atoms with Crippen molar-refractivity contribution in [3.8, 4) is 5.75 Å². The maximum Gasteiger partial charge on any atom is 0.220 e. The molecule has 0 saturated heterocycles. The summed E-state index contributed by atoms with van der Waals surface area (Å²) in [5, 5.41) is 9.16. The summed E-state index contributed by atoms with van der Waals surface area (Å²) in [5.74, 6) is 1.14. The molecule has 1 fully saturated rings. The van der Waals surface area contributed by atoms with E-state index in [1.807, 2.05) is 12.1 Å². The van der Waals surface area contributed by atoms with Crippen LogP contribution in [-0.2, 0) is 0 Å². The molecule has 0 spiro atoms. The van der Waals surface area contributed by atoms with Gasteiger partial charge in [0.25, 0.3) is 0 Å². The molecule has 1 aromatic carbocycles. The zero-order valence-corrected chi connectivity index (χ0v) is 7.53. The van der Waals surface area contributed by atoms with Gasteiger partial charge in [0.15, 0.2) is 5.75 Å². The Labute approximate surface area is 76.9 Å². The molecule has 1 aliphatic rings. The highest BCUT2D eigenvalue weighted by Gasteiger charge is 2.33. The minimum Gasteiger partial charge on any atom is -0.504 e. The van der Waals surface area contributed by atoms with Gasteiger partial charge in [-0.25, -0.2) is 0 Å². The summed E-state index contributed by atoms with van der Waals surface area (Å²) in [4.78, 5) is 11.0. The van der Waals surface area contributed by atoms with Gasteiger partial charge in [0.1, 0.15) is 0 Å². The lowest BCUT2D eigenvalue weighted by molar-refractivity contribution is 0.471. The first-order chi connectivity index (χ1) is 6.18. The van der Waals surface area contributed by atoms with Crippen molar-refractivity contribution in [2.24, 2.45) is 5.92 Å². The van der Waals surface area contributed by atoms with Crippen LogP contribution in [0, 0.1) is 5.92 Å². The largest absolute Gasteiger partial charge is 0.504 e.